The average molecular weight is 396 g/mol. The van der Waals surface area contributed by atoms with Gasteiger partial charge in [0.25, 0.3) is 5.91 Å². The highest BCUT2D eigenvalue weighted by molar-refractivity contribution is 6.03. The number of ether oxygens (including phenoxy) is 1. The first kappa shape index (κ1) is 20.8. The largest absolute Gasteiger partial charge is 0.497 e. The highest BCUT2D eigenvalue weighted by atomic mass is 16.5. The van der Waals surface area contributed by atoms with Crippen LogP contribution in [0.15, 0.2) is 24.3 Å². The molecule has 1 aliphatic rings. The molecular weight excluding hydrogens is 368 g/mol. The van der Waals surface area contributed by atoms with Crippen molar-refractivity contribution in [2.24, 2.45) is 5.92 Å². The molecule has 0 spiro atoms. The Morgan fingerprint density at radius 1 is 1.14 bits per heavy atom. The lowest BCUT2D eigenvalue weighted by molar-refractivity contribution is 0.0645. The second-order valence-electron chi connectivity index (χ2n) is 7.55. The highest BCUT2D eigenvalue weighted by Crippen LogP contribution is 2.26. The van der Waals surface area contributed by atoms with Crippen molar-refractivity contribution in [3.8, 4) is 5.75 Å². The first-order chi connectivity index (χ1) is 13.9. The lowest BCUT2D eigenvalue weighted by Crippen LogP contribution is -2.40. The molecule has 0 bridgehead atoms. The molecule has 0 unspecified atom stereocenters. The molecule has 1 N–H and O–H groups in total. The number of aromatic nitrogens is 1. The molecule has 1 aliphatic heterocycles. The van der Waals surface area contributed by atoms with Crippen LogP contribution in [-0.2, 0) is 6.42 Å². The third-order valence-electron chi connectivity index (χ3n) is 5.74. The number of amides is 1. The molecule has 3 rings (SSSR count). The standard InChI is InChI=1S/C23H28N2O4/c1-5-19-20(15(3)26)14(2)24-21(19)23(28)25-12-10-17(11-13-25)22(27)16-6-8-18(29-4)9-7-16/h6-9,17,24H,5,10-13H2,1-4H3. The van der Waals surface area contributed by atoms with Gasteiger partial charge in [0.15, 0.2) is 11.6 Å². The van der Waals surface area contributed by atoms with E-state index in [-0.39, 0.29) is 23.4 Å². The molecule has 29 heavy (non-hydrogen) atoms. The maximum Gasteiger partial charge on any atom is 0.270 e. The van der Waals surface area contributed by atoms with Crippen LogP contribution in [0.2, 0.25) is 0 Å². The third kappa shape index (κ3) is 4.11. The Balaban J connectivity index is 1.69. The summed E-state index contributed by atoms with van der Waals surface area (Å²) in [7, 11) is 1.60. The minimum Gasteiger partial charge on any atom is -0.497 e. The van der Waals surface area contributed by atoms with Crippen LogP contribution in [0.1, 0.15) is 69.2 Å². The minimum atomic E-state index is -0.0900. The molecule has 1 fully saturated rings. The molecule has 1 amide bonds. The number of nitrogens with zero attached hydrogens (tertiary/aromatic N) is 1. The molecule has 1 aromatic heterocycles. The van der Waals surface area contributed by atoms with E-state index in [4.69, 9.17) is 4.74 Å². The number of carbonyl (C=O) groups excluding carboxylic acids is 3. The number of rotatable bonds is 6. The number of hydrogen-bond acceptors (Lipinski definition) is 4. The van der Waals surface area contributed by atoms with E-state index in [2.05, 4.69) is 4.98 Å². The first-order valence-corrected chi connectivity index (χ1v) is 10.1. The number of nitrogens with one attached hydrogen (secondary N) is 1. The monoisotopic (exact) mass is 396 g/mol. The van der Waals surface area contributed by atoms with Gasteiger partial charge < -0.3 is 14.6 Å². The lowest BCUT2D eigenvalue weighted by Gasteiger charge is -2.31. The summed E-state index contributed by atoms with van der Waals surface area (Å²) in [5.41, 5.74) is 3.34. The van der Waals surface area contributed by atoms with Crippen LogP contribution >= 0.6 is 0 Å². The summed E-state index contributed by atoms with van der Waals surface area (Å²) in [5, 5.41) is 0. The van der Waals surface area contributed by atoms with Crippen LogP contribution in [-0.4, -0.2) is 47.6 Å². The number of methoxy groups -OCH3 is 1. The number of aromatic amines is 1. The van der Waals surface area contributed by atoms with E-state index in [9.17, 15) is 14.4 Å². The number of benzene rings is 1. The van der Waals surface area contributed by atoms with Gasteiger partial charge in [-0.3, -0.25) is 14.4 Å². The highest BCUT2D eigenvalue weighted by Gasteiger charge is 2.31. The predicted molar refractivity (Wildman–Crippen MR) is 111 cm³/mol. The van der Waals surface area contributed by atoms with Crippen molar-refractivity contribution in [1.82, 2.24) is 9.88 Å². The Morgan fingerprint density at radius 2 is 1.76 bits per heavy atom. The maximum absolute atomic E-state index is 13.1. The van der Waals surface area contributed by atoms with E-state index in [1.54, 1.807) is 36.3 Å². The second-order valence-corrected chi connectivity index (χ2v) is 7.55. The van der Waals surface area contributed by atoms with E-state index in [0.717, 1.165) is 17.0 Å². The van der Waals surface area contributed by atoms with E-state index >= 15 is 0 Å². The van der Waals surface area contributed by atoms with Crippen molar-refractivity contribution >= 4 is 17.5 Å². The number of likely N-dealkylation sites (tertiary alicyclic amines) is 1. The molecule has 1 saturated heterocycles. The van der Waals surface area contributed by atoms with Crippen molar-refractivity contribution < 1.29 is 19.1 Å². The molecule has 2 aromatic rings. The summed E-state index contributed by atoms with van der Waals surface area (Å²) in [4.78, 5) is 42.7. The van der Waals surface area contributed by atoms with Gasteiger partial charge in [-0.05, 0) is 62.9 Å². The number of Topliss-reactive ketones (excluding diaryl/α,β-unsaturated/α-hetero) is 2. The molecular formula is C23H28N2O4. The Morgan fingerprint density at radius 3 is 2.28 bits per heavy atom. The zero-order valence-corrected chi connectivity index (χ0v) is 17.5. The van der Waals surface area contributed by atoms with Gasteiger partial charge >= 0.3 is 0 Å². The fourth-order valence-corrected chi connectivity index (χ4v) is 4.18. The maximum atomic E-state index is 13.1. The molecule has 6 heteroatoms. The van der Waals surface area contributed by atoms with Crippen LogP contribution in [0.4, 0.5) is 0 Å². The molecule has 0 saturated carbocycles. The van der Waals surface area contributed by atoms with Gasteiger partial charge in [0.05, 0.1) is 7.11 Å². The molecule has 0 atom stereocenters. The number of aryl methyl sites for hydroxylation is 1. The van der Waals surface area contributed by atoms with E-state index < -0.39 is 0 Å². The Labute approximate surface area is 171 Å². The van der Waals surface area contributed by atoms with Gasteiger partial charge in [-0.2, -0.15) is 0 Å². The first-order valence-electron chi connectivity index (χ1n) is 10.1. The van der Waals surface area contributed by atoms with Gasteiger partial charge in [0.2, 0.25) is 0 Å². The van der Waals surface area contributed by atoms with Crippen LogP contribution < -0.4 is 4.74 Å². The molecule has 0 radical (unpaired) electrons. The fourth-order valence-electron chi connectivity index (χ4n) is 4.18. The summed E-state index contributed by atoms with van der Waals surface area (Å²) in [6.07, 6.45) is 1.89. The van der Waals surface area contributed by atoms with Crippen molar-refractivity contribution in [1.29, 1.82) is 0 Å². The second kappa shape index (κ2) is 8.64. The Bertz CT molecular complexity index is 919. The third-order valence-corrected chi connectivity index (χ3v) is 5.74. The zero-order valence-electron chi connectivity index (χ0n) is 17.5. The summed E-state index contributed by atoms with van der Waals surface area (Å²) < 4.78 is 5.14. The van der Waals surface area contributed by atoms with E-state index in [1.807, 2.05) is 13.8 Å². The molecule has 6 nitrogen and oxygen atoms in total. The Kier molecular flexibility index (Phi) is 6.20. The summed E-state index contributed by atoms with van der Waals surface area (Å²) >= 11 is 0. The summed E-state index contributed by atoms with van der Waals surface area (Å²) in [6, 6.07) is 7.16. The number of H-pyrrole nitrogens is 1. The fraction of sp³-hybridized carbons (Fsp3) is 0.435. The van der Waals surface area contributed by atoms with Crippen LogP contribution in [0.25, 0.3) is 0 Å². The number of piperidine rings is 1. The molecule has 154 valence electrons. The van der Waals surface area contributed by atoms with E-state index in [1.165, 1.54) is 6.92 Å². The van der Waals surface area contributed by atoms with Gasteiger partial charge in [-0.25, -0.2) is 0 Å². The van der Waals surface area contributed by atoms with Crippen LogP contribution in [0.3, 0.4) is 0 Å². The quantitative estimate of drug-likeness (QED) is 0.753. The molecule has 1 aromatic carbocycles. The molecule has 0 aliphatic carbocycles. The van der Waals surface area contributed by atoms with Gasteiger partial charge in [0.1, 0.15) is 11.4 Å². The Hall–Kier alpha value is -2.89. The predicted octanol–water partition coefficient (Wildman–Crippen LogP) is 3.83. The van der Waals surface area contributed by atoms with Gasteiger partial charge in [-0.1, -0.05) is 6.92 Å². The van der Waals surface area contributed by atoms with Crippen molar-refractivity contribution in [2.75, 3.05) is 20.2 Å². The normalized spacial score (nSPS) is 14.7. The molecule has 2 heterocycles. The number of carbonyl (C=O) groups is 3. The average Bonchev–Trinajstić information content (AvgIpc) is 3.09. The van der Waals surface area contributed by atoms with E-state index in [0.29, 0.717) is 49.2 Å². The van der Waals surface area contributed by atoms with Crippen LogP contribution in [0.5, 0.6) is 5.75 Å². The zero-order chi connectivity index (χ0) is 21.1. The van der Waals surface area contributed by atoms with Crippen molar-refractivity contribution in [3.63, 3.8) is 0 Å². The summed E-state index contributed by atoms with van der Waals surface area (Å²) in [6.45, 7) is 6.36. The minimum absolute atomic E-state index is 0.0292. The summed E-state index contributed by atoms with van der Waals surface area (Å²) in [5.74, 6) is 0.631. The SMILES string of the molecule is CCc1c(C(=O)N2CCC(C(=O)c3ccc(OC)cc3)CC2)[nH]c(C)c1C(C)=O. The van der Waals surface area contributed by atoms with Gasteiger partial charge in [0, 0.05) is 35.8 Å². The topological polar surface area (TPSA) is 79.5 Å². The smallest absolute Gasteiger partial charge is 0.270 e. The van der Waals surface area contributed by atoms with Crippen molar-refractivity contribution in [2.45, 2.75) is 40.0 Å². The lowest BCUT2D eigenvalue weighted by atomic mass is 9.88. The number of ketones is 2. The van der Waals surface area contributed by atoms with Crippen LogP contribution in [0, 0.1) is 12.8 Å². The number of hydrogen-bond donors (Lipinski definition) is 1. The van der Waals surface area contributed by atoms with Gasteiger partial charge in [-0.15, -0.1) is 0 Å². The van der Waals surface area contributed by atoms with Crippen molar-refractivity contribution in [3.05, 3.63) is 52.3 Å².